The Bertz CT molecular complexity index is 1330. The fraction of sp³-hybridized carbons (Fsp3) is 0.355. The number of halogens is 2. The molecule has 3 aromatic carbocycles. The first kappa shape index (κ1) is 26.7. The number of methoxy groups -OCH3 is 1. The summed E-state index contributed by atoms with van der Waals surface area (Å²) in [4.78, 5) is 27.4. The largest absolute Gasteiger partial charge is 0.493 e. The van der Waals surface area contributed by atoms with Crippen molar-refractivity contribution in [2.45, 2.75) is 38.0 Å². The molecule has 2 fully saturated rings. The molecule has 8 heteroatoms. The van der Waals surface area contributed by atoms with E-state index in [1.54, 1.807) is 25.3 Å². The number of carbonyl (C=O) groups excluding carboxylic acids is 2. The molecule has 204 valence electrons. The maximum atomic E-state index is 13.4. The Labute approximate surface area is 226 Å². The van der Waals surface area contributed by atoms with Gasteiger partial charge in [0.15, 0.2) is 23.1 Å². The van der Waals surface area contributed by atoms with Crippen LogP contribution < -0.4 is 14.8 Å². The Morgan fingerprint density at radius 2 is 1.64 bits per heavy atom. The third-order valence-corrected chi connectivity index (χ3v) is 7.38. The molecule has 0 atom stereocenters. The summed E-state index contributed by atoms with van der Waals surface area (Å²) in [6.45, 7) is 1.96. The Hall–Kier alpha value is -3.94. The highest BCUT2D eigenvalue weighted by atomic mass is 19.2. The Balaban J connectivity index is 1.13. The number of piperidine rings is 1. The first-order valence-electron chi connectivity index (χ1n) is 13.3. The van der Waals surface area contributed by atoms with Gasteiger partial charge in [-0.25, -0.2) is 8.78 Å². The first-order chi connectivity index (χ1) is 18.9. The zero-order chi connectivity index (χ0) is 27.4. The molecular weight excluding hydrogens is 502 g/mol. The minimum absolute atomic E-state index is 0.00790. The van der Waals surface area contributed by atoms with E-state index in [2.05, 4.69) is 5.32 Å². The fourth-order valence-corrected chi connectivity index (χ4v) is 4.89. The van der Waals surface area contributed by atoms with Crippen molar-refractivity contribution in [3.63, 3.8) is 0 Å². The van der Waals surface area contributed by atoms with Crippen molar-refractivity contribution < 1.29 is 27.8 Å². The lowest BCUT2D eigenvalue weighted by molar-refractivity contribution is -0.115. The molecule has 0 spiro atoms. The molecule has 2 aliphatic rings. The Morgan fingerprint density at radius 1 is 0.897 bits per heavy atom. The smallest absolute Gasteiger partial charge is 0.253 e. The molecule has 1 saturated carbocycles. The molecule has 0 radical (unpaired) electrons. The normalized spacial score (nSPS) is 15.6. The number of anilines is 1. The number of amides is 2. The monoisotopic (exact) mass is 534 g/mol. The molecule has 1 saturated heterocycles. The summed E-state index contributed by atoms with van der Waals surface area (Å²) in [6, 6.07) is 16.5. The van der Waals surface area contributed by atoms with E-state index in [0.29, 0.717) is 59.8 Å². The van der Waals surface area contributed by atoms with Crippen LogP contribution in [0.4, 0.5) is 14.5 Å². The summed E-state index contributed by atoms with van der Waals surface area (Å²) in [5, 5.41) is 2.80. The standard InChI is InChI=1S/C31H32F2N2O4/c1-38-28-11-7-24(18-29(28)39-19-20-2-3-20)31(37)35-14-12-23(13-15-35)22-5-8-25(9-6-22)34-30(36)17-21-4-10-26(32)27(33)16-21/h4-11,16,18,20,23H,2-3,12-15,17,19H2,1H3,(H,34,36). The number of ether oxygens (including phenoxy) is 2. The van der Waals surface area contributed by atoms with Crippen molar-refractivity contribution in [1.29, 1.82) is 0 Å². The Morgan fingerprint density at radius 3 is 2.31 bits per heavy atom. The van der Waals surface area contributed by atoms with E-state index in [1.165, 1.54) is 18.9 Å². The average Bonchev–Trinajstić information content (AvgIpc) is 3.78. The summed E-state index contributed by atoms with van der Waals surface area (Å²) in [5.74, 6) is -0.0543. The molecule has 2 amide bonds. The van der Waals surface area contributed by atoms with Crippen molar-refractivity contribution in [1.82, 2.24) is 4.90 Å². The summed E-state index contributed by atoms with van der Waals surface area (Å²) in [7, 11) is 1.60. The zero-order valence-corrected chi connectivity index (χ0v) is 21.9. The van der Waals surface area contributed by atoms with Gasteiger partial charge < -0.3 is 19.7 Å². The van der Waals surface area contributed by atoms with Gasteiger partial charge in [-0.15, -0.1) is 0 Å². The minimum atomic E-state index is -0.968. The third kappa shape index (κ3) is 6.74. The van der Waals surface area contributed by atoms with E-state index < -0.39 is 11.6 Å². The van der Waals surface area contributed by atoms with Gasteiger partial charge in [-0.3, -0.25) is 9.59 Å². The van der Waals surface area contributed by atoms with Crippen molar-refractivity contribution in [3.8, 4) is 11.5 Å². The Kier molecular flexibility index (Phi) is 8.10. The second-order valence-electron chi connectivity index (χ2n) is 10.3. The number of nitrogens with one attached hydrogen (secondary N) is 1. The van der Waals surface area contributed by atoms with Crippen molar-refractivity contribution in [2.24, 2.45) is 5.92 Å². The SMILES string of the molecule is COc1ccc(C(=O)N2CCC(c3ccc(NC(=O)Cc4ccc(F)c(F)c4)cc3)CC2)cc1OCC1CC1. The van der Waals surface area contributed by atoms with Gasteiger partial charge in [0.1, 0.15) is 0 Å². The summed E-state index contributed by atoms with van der Waals surface area (Å²) >= 11 is 0. The van der Waals surface area contributed by atoms with Gasteiger partial charge in [-0.05, 0) is 91.1 Å². The highest BCUT2D eigenvalue weighted by molar-refractivity contribution is 5.95. The van der Waals surface area contributed by atoms with Crippen molar-refractivity contribution in [2.75, 3.05) is 32.1 Å². The van der Waals surface area contributed by atoms with Gasteiger partial charge in [0.2, 0.25) is 5.91 Å². The van der Waals surface area contributed by atoms with E-state index in [1.807, 2.05) is 29.2 Å². The van der Waals surface area contributed by atoms with E-state index in [-0.39, 0.29) is 18.2 Å². The molecule has 1 aliphatic heterocycles. The van der Waals surface area contributed by atoms with Gasteiger partial charge in [0, 0.05) is 24.3 Å². The lowest BCUT2D eigenvalue weighted by Gasteiger charge is -2.32. The minimum Gasteiger partial charge on any atom is -0.493 e. The molecule has 1 aliphatic carbocycles. The topological polar surface area (TPSA) is 67.9 Å². The number of likely N-dealkylation sites (tertiary alicyclic amines) is 1. The first-order valence-corrected chi connectivity index (χ1v) is 13.3. The van der Waals surface area contributed by atoms with Gasteiger partial charge in [0.25, 0.3) is 5.91 Å². The van der Waals surface area contributed by atoms with Gasteiger partial charge in [0.05, 0.1) is 20.1 Å². The van der Waals surface area contributed by atoms with E-state index in [9.17, 15) is 18.4 Å². The predicted octanol–water partition coefficient (Wildman–Crippen LogP) is 5.96. The number of hydrogen-bond donors (Lipinski definition) is 1. The number of carbonyl (C=O) groups is 2. The number of rotatable bonds is 9. The number of hydrogen-bond acceptors (Lipinski definition) is 4. The number of benzene rings is 3. The van der Waals surface area contributed by atoms with Crippen LogP contribution in [0.25, 0.3) is 0 Å². The van der Waals surface area contributed by atoms with Gasteiger partial charge in [-0.2, -0.15) is 0 Å². The quantitative estimate of drug-likeness (QED) is 0.368. The highest BCUT2D eigenvalue weighted by Gasteiger charge is 2.26. The summed E-state index contributed by atoms with van der Waals surface area (Å²) < 4.78 is 37.8. The lowest BCUT2D eigenvalue weighted by Crippen LogP contribution is -2.37. The molecule has 39 heavy (non-hydrogen) atoms. The van der Waals surface area contributed by atoms with Crippen LogP contribution in [0.5, 0.6) is 11.5 Å². The third-order valence-electron chi connectivity index (χ3n) is 7.38. The van der Waals surface area contributed by atoms with Crippen LogP contribution in [0.2, 0.25) is 0 Å². The fourth-order valence-electron chi connectivity index (χ4n) is 4.89. The van der Waals surface area contributed by atoms with E-state index in [4.69, 9.17) is 9.47 Å². The molecule has 0 bridgehead atoms. The second-order valence-corrected chi connectivity index (χ2v) is 10.3. The van der Waals surface area contributed by atoms with Gasteiger partial charge in [-0.1, -0.05) is 18.2 Å². The van der Waals surface area contributed by atoms with E-state index >= 15 is 0 Å². The molecule has 5 rings (SSSR count). The van der Waals surface area contributed by atoms with Crippen LogP contribution in [0.3, 0.4) is 0 Å². The van der Waals surface area contributed by atoms with Crippen LogP contribution in [0, 0.1) is 17.6 Å². The maximum absolute atomic E-state index is 13.4. The second kappa shape index (κ2) is 11.8. The van der Waals surface area contributed by atoms with Gasteiger partial charge >= 0.3 is 0 Å². The predicted molar refractivity (Wildman–Crippen MR) is 144 cm³/mol. The molecule has 1 N–H and O–H groups in total. The zero-order valence-electron chi connectivity index (χ0n) is 21.9. The highest BCUT2D eigenvalue weighted by Crippen LogP contribution is 2.34. The van der Waals surface area contributed by atoms with Crippen LogP contribution in [0.1, 0.15) is 53.1 Å². The van der Waals surface area contributed by atoms with Crippen LogP contribution in [-0.2, 0) is 11.2 Å². The van der Waals surface area contributed by atoms with Crippen LogP contribution >= 0.6 is 0 Å². The molecule has 0 unspecified atom stereocenters. The average molecular weight is 535 g/mol. The van der Waals surface area contributed by atoms with Crippen LogP contribution in [0.15, 0.2) is 60.7 Å². The molecule has 1 heterocycles. The van der Waals surface area contributed by atoms with Crippen molar-refractivity contribution in [3.05, 3.63) is 89.0 Å². The molecular formula is C31H32F2N2O4. The van der Waals surface area contributed by atoms with Crippen molar-refractivity contribution >= 4 is 17.5 Å². The molecule has 0 aromatic heterocycles. The molecule has 6 nitrogen and oxygen atoms in total. The summed E-state index contributed by atoms with van der Waals surface area (Å²) in [6.07, 6.45) is 4.01. The number of nitrogens with zero attached hydrogens (tertiary/aromatic N) is 1. The molecule has 3 aromatic rings. The van der Waals surface area contributed by atoms with E-state index in [0.717, 1.165) is 30.5 Å². The van der Waals surface area contributed by atoms with Crippen LogP contribution in [-0.4, -0.2) is 43.5 Å². The summed E-state index contributed by atoms with van der Waals surface area (Å²) in [5.41, 5.74) is 2.79. The maximum Gasteiger partial charge on any atom is 0.253 e. The lowest BCUT2D eigenvalue weighted by atomic mass is 9.89.